The van der Waals surface area contributed by atoms with E-state index in [1.54, 1.807) is 25.1 Å². The molecule has 1 aromatic carbocycles. The highest BCUT2D eigenvalue weighted by Gasteiger charge is 2.68. The first kappa shape index (κ1) is 19.8. The van der Waals surface area contributed by atoms with Gasteiger partial charge in [-0.05, 0) is 31.4 Å². The minimum atomic E-state index is -1.36. The van der Waals surface area contributed by atoms with Gasteiger partial charge < -0.3 is 4.74 Å². The van der Waals surface area contributed by atoms with E-state index in [9.17, 15) is 18.8 Å². The molecule has 0 bridgehead atoms. The second-order valence-corrected chi connectivity index (χ2v) is 7.76. The Hall–Kier alpha value is -1.93. The number of nitrogens with one attached hydrogen (secondary N) is 1. The van der Waals surface area contributed by atoms with E-state index in [0.717, 1.165) is 0 Å². The zero-order chi connectivity index (χ0) is 19.8. The summed E-state index contributed by atoms with van der Waals surface area (Å²) in [6.07, 6.45) is 2.20. The van der Waals surface area contributed by atoms with Crippen LogP contribution in [0.1, 0.15) is 24.9 Å². The predicted octanol–water partition coefficient (Wildman–Crippen LogP) is 1.76. The maximum atomic E-state index is 14.5. The zero-order valence-corrected chi connectivity index (χ0v) is 16.3. The largest absolute Gasteiger partial charge is 0.468 e. The van der Waals surface area contributed by atoms with E-state index < -0.39 is 41.1 Å². The summed E-state index contributed by atoms with van der Waals surface area (Å²) in [4.78, 5) is 40.0. The lowest BCUT2D eigenvalue weighted by Gasteiger charge is -2.32. The highest BCUT2D eigenvalue weighted by molar-refractivity contribution is 7.98. The van der Waals surface area contributed by atoms with Gasteiger partial charge in [-0.2, -0.15) is 11.8 Å². The molecule has 3 rings (SSSR count). The smallest absolute Gasteiger partial charge is 0.326 e. The molecule has 0 spiro atoms. The van der Waals surface area contributed by atoms with Gasteiger partial charge in [-0.15, -0.1) is 0 Å². The molecule has 27 heavy (non-hydrogen) atoms. The fourth-order valence-corrected chi connectivity index (χ4v) is 4.86. The van der Waals surface area contributed by atoms with Crippen LogP contribution in [0, 0.1) is 17.7 Å². The van der Waals surface area contributed by atoms with Crippen LogP contribution in [-0.2, 0) is 19.1 Å². The van der Waals surface area contributed by atoms with Gasteiger partial charge in [0, 0.05) is 18.2 Å². The molecule has 2 amide bonds. The fraction of sp³-hybridized carbons (Fsp3) is 0.526. The van der Waals surface area contributed by atoms with E-state index in [2.05, 4.69) is 5.32 Å². The Labute approximate surface area is 161 Å². The lowest BCUT2D eigenvalue weighted by molar-refractivity contribution is -0.154. The van der Waals surface area contributed by atoms with E-state index >= 15 is 0 Å². The van der Waals surface area contributed by atoms with Gasteiger partial charge in [0.25, 0.3) is 0 Å². The highest BCUT2D eigenvalue weighted by atomic mass is 32.2. The first-order chi connectivity index (χ1) is 12.9. The van der Waals surface area contributed by atoms with Crippen LogP contribution in [0.5, 0.6) is 0 Å². The van der Waals surface area contributed by atoms with Gasteiger partial charge in [0.15, 0.2) is 0 Å². The van der Waals surface area contributed by atoms with Crippen molar-refractivity contribution in [2.75, 3.05) is 25.7 Å². The van der Waals surface area contributed by atoms with E-state index in [-0.39, 0.29) is 18.0 Å². The van der Waals surface area contributed by atoms with Crippen molar-refractivity contribution in [3.63, 3.8) is 0 Å². The molecule has 0 aromatic heterocycles. The van der Waals surface area contributed by atoms with Gasteiger partial charge >= 0.3 is 5.97 Å². The maximum absolute atomic E-state index is 14.5. The number of benzene rings is 1. The molecule has 4 atom stereocenters. The summed E-state index contributed by atoms with van der Waals surface area (Å²) in [5, 5.41) is 3.16. The normalized spacial score (nSPS) is 29.9. The molecule has 0 radical (unpaired) electrons. The third-order valence-corrected chi connectivity index (χ3v) is 6.16. The SMILES string of the molecule is CCN1C(=O)[C@H]2[C@@H](c3ccccc3F)N[C@@](CCSC)(C(=O)OC)[C@@H]2C1=O. The van der Waals surface area contributed by atoms with Crippen molar-refractivity contribution in [3.05, 3.63) is 35.6 Å². The molecule has 1 N–H and O–H groups in total. The van der Waals surface area contributed by atoms with Crippen molar-refractivity contribution in [2.24, 2.45) is 11.8 Å². The monoisotopic (exact) mass is 394 g/mol. The molecular weight excluding hydrogens is 371 g/mol. The van der Waals surface area contributed by atoms with E-state index in [4.69, 9.17) is 4.74 Å². The van der Waals surface area contributed by atoms with Crippen LogP contribution in [0.2, 0.25) is 0 Å². The van der Waals surface area contributed by atoms with Crippen LogP contribution in [0.25, 0.3) is 0 Å². The summed E-state index contributed by atoms with van der Waals surface area (Å²) >= 11 is 1.53. The van der Waals surface area contributed by atoms with Gasteiger partial charge in [0.2, 0.25) is 11.8 Å². The Bertz CT molecular complexity index is 774. The van der Waals surface area contributed by atoms with Crippen molar-refractivity contribution in [1.82, 2.24) is 10.2 Å². The molecule has 0 saturated carbocycles. The second kappa shape index (κ2) is 7.59. The van der Waals surface area contributed by atoms with Crippen LogP contribution in [0.3, 0.4) is 0 Å². The molecule has 2 aliphatic rings. The Balaban J connectivity index is 2.16. The quantitative estimate of drug-likeness (QED) is 0.585. The number of carbonyl (C=O) groups is 3. The van der Waals surface area contributed by atoms with Crippen molar-refractivity contribution >= 4 is 29.5 Å². The molecule has 8 heteroatoms. The Morgan fingerprint density at radius 1 is 1.33 bits per heavy atom. The fourth-order valence-electron chi connectivity index (χ4n) is 4.33. The summed E-state index contributed by atoms with van der Waals surface area (Å²) in [6, 6.07) is 5.36. The van der Waals surface area contributed by atoms with Gasteiger partial charge in [-0.1, -0.05) is 18.2 Å². The number of methoxy groups -OCH3 is 1. The zero-order valence-electron chi connectivity index (χ0n) is 15.5. The number of hydrogen-bond donors (Lipinski definition) is 1. The van der Waals surface area contributed by atoms with Crippen molar-refractivity contribution in [2.45, 2.75) is 24.9 Å². The van der Waals surface area contributed by atoms with Gasteiger partial charge in [0.05, 0.1) is 18.9 Å². The minimum absolute atomic E-state index is 0.217. The third-order valence-electron chi connectivity index (χ3n) is 5.55. The standard InChI is InChI=1S/C19H23FN2O4S/c1-4-22-16(23)13-14(17(22)24)19(9-10-27-3,18(25)26-2)21-15(13)11-7-5-6-8-12(11)20/h5-8,13-15,21H,4,9-10H2,1-3H3/t13-,14+,15-,19-/m1/s1. The van der Waals surface area contributed by atoms with Crippen molar-refractivity contribution < 1.29 is 23.5 Å². The van der Waals surface area contributed by atoms with Gasteiger partial charge in [0.1, 0.15) is 11.4 Å². The molecule has 0 unspecified atom stereocenters. The molecule has 2 heterocycles. The topological polar surface area (TPSA) is 75.7 Å². The molecule has 1 aromatic rings. The third kappa shape index (κ3) is 2.95. The lowest BCUT2D eigenvalue weighted by atomic mass is 9.78. The minimum Gasteiger partial charge on any atom is -0.468 e. The Morgan fingerprint density at radius 2 is 2.04 bits per heavy atom. The number of amides is 2. The van der Waals surface area contributed by atoms with Gasteiger partial charge in [-0.25, -0.2) is 4.39 Å². The number of ether oxygens (including phenoxy) is 1. The number of fused-ring (bicyclic) bond motifs is 1. The molecule has 2 saturated heterocycles. The van der Waals surface area contributed by atoms with Crippen molar-refractivity contribution in [3.8, 4) is 0 Å². The maximum Gasteiger partial charge on any atom is 0.326 e. The number of carbonyl (C=O) groups excluding carboxylic acids is 3. The average Bonchev–Trinajstić information content (AvgIpc) is 3.14. The lowest BCUT2D eigenvalue weighted by Crippen LogP contribution is -2.56. The van der Waals surface area contributed by atoms with Gasteiger partial charge in [-0.3, -0.25) is 24.6 Å². The average molecular weight is 394 g/mol. The first-order valence-electron chi connectivity index (χ1n) is 8.87. The summed E-state index contributed by atoms with van der Waals surface area (Å²) in [6.45, 7) is 1.93. The second-order valence-electron chi connectivity index (χ2n) is 6.77. The molecule has 2 fully saturated rings. The number of nitrogens with zero attached hydrogens (tertiary/aromatic N) is 1. The molecule has 0 aliphatic carbocycles. The molecule has 146 valence electrons. The number of thioether (sulfide) groups is 1. The van der Waals surface area contributed by atoms with Crippen LogP contribution in [0.15, 0.2) is 24.3 Å². The van der Waals surface area contributed by atoms with E-state index in [1.165, 1.54) is 29.8 Å². The first-order valence-corrected chi connectivity index (χ1v) is 10.3. The van der Waals surface area contributed by atoms with Crippen LogP contribution >= 0.6 is 11.8 Å². The number of esters is 1. The predicted molar refractivity (Wildman–Crippen MR) is 99.4 cm³/mol. The van der Waals surface area contributed by atoms with Crippen LogP contribution in [0.4, 0.5) is 4.39 Å². The number of imide groups is 1. The van der Waals surface area contributed by atoms with Crippen LogP contribution in [-0.4, -0.2) is 53.9 Å². The van der Waals surface area contributed by atoms with Crippen molar-refractivity contribution in [1.29, 1.82) is 0 Å². The Kier molecular flexibility index (Phi) is 5.58. The highest BCUT2D eigenvalue weighted by Crippen LogP contribution is 2.50. The number of halogens is 1. The number of likely N-dealkylation sites (tertiary alicyclic amines) is 1. The van der Waals surface area contributed by atoms with Crippen LogP contribution < -0.4 is 5.32 Å². The number of hydrogen-bond acceptors (Lipinski definition) is 6. The summed E-state index contributed by atoms with van der Waals surface area (Å²) in [5.74, 6) is -3.00. The Morgan fingerprint density at radius 3 is 2.63 bits per heavy atom. The number of rotatable bonds is 6. The molecular formula is C19H23FN2O4S. The molecule has 6 nitrogen and oxygen atoms in total. The van der Waals surface area contributed by atoms with E-state index in [1.807, 2.05) is 6.26 Å². The summed E-state index contributed by atoms with van der Waals surface area (Å²) in [7, 11) is 1.26. The summed E-state index contributed by atoms with van der Waals surface area (Å²) in [5.41, 5.74) is -1.08. The summed E-state index contributed by atoms with van der Waals surface area (Å²) < 4.78 is 19.5. The molecule has 2 aliphatic heterocycles. The van der Waals surface area contributed by atoms with E-state index in [0.29, 0.717) is 12.2 Å².